The van der Waals surface area contributed by atoms with Crippen LogP contribution in [0.15, 0.2) is 23.1 Å². The summed E-state index contributed by atoms with van der Waals surface area (Å²) in [5.74, 6) is -0.0807. The van der Waals surface area contributed by atoms with E-state index in [-0.39, 0.29) is 36.0 Å². The van der Waals surface area contributed by atoms with Gasteiger partial charge in [-0.3, -0.25) is 0 Å². The van der Waals surface area contributed by atoms with Crippen LogP contribution in [-0.2, 0) is 26.4 Å². The van der Waals surface area contributed by atoms with Gasteiger partial charge in [-0.25, -0.2) is 16.8 Å². The van der Waals surface area contributed by atoms with Crippen LogP contribution in [0.3, 0.4) is 0 Å². The third kappa shape index (κ3) is 3.45. The molecule has 0 radical (unpaired) electrons. The maximum Gasteiger partial charge on any atom is 0.243 e. The van der Waals surface area contributed by atoms with E-state index in [0.717, 1.165) is 5.56 Å². The van der Waals surface area contributed by atoms with Crippen LogP contribution in [0.5, 0.6) is 0 Å². The molecule has 0 saturated carbocycles. The molecule has 1 saturated heterocycles. The van der Waals surface area contributed by atoms with Crippen molar-refractivity contribution in [2.24, 2.45) is 5.73 Å². The topological polar surface area (TPSA) is 97.5 Å². The van der Waals surface area contributed by atoms with Gasteiger partial charge in [-0.05, 0) is 30.5 Å². The summed E-state index contributed by atoms with van der Waals surface area (Å²) < 4.78 is 49.9. The molecule has 1 aliphatic rings. The Morgan fingerprint density at radius 3 is 2.62 bits per heavy atom. The molecule has 1 aliphatic heterocycles. The molecule has 21 heavy (non-hydrogen) atoms. The largest absolute Gasteiger partial charge is 0.326 e. The summed E-state index contributed by atoms with van der Waals surface area (Å²) in [6, 6.07) is 5.00. The molecular weight excluding hydrogens is 312 g/mol. The molecule has 1 aromatic carbocycles. The first-order valence-corrected chi connectivity index (χ1v) is 10.0. The van der Waals surface area contributed by atoms with Crippen LogP contribution < -0.4 is 5.73 Å². The van der Waals surface area contributed by atoms with Crippen molar-refractivity contribution in [1.82, 2.24) is 4.31 Å². The third-order valence-electron chi connectivity index (χ3n) is 3.75. The number of sulfone groups is 1. The molecule has 0 aliphatic carbocycles. The highest BCUT2D eigenvalue weighted by atomic mass is 32.2. The Kier molecular flexibility index (Phi) is 4.72. The molecule has 6 nitrogen and oxygen atoms in total. The lowest BCUT2D eigenvalue weighted by Gasteiger charge is -2.21. The quantitative estimate of drug-likeness (QED) is 0.856. The molecule has 0 unspecified atom stereocenters. The van der Waals surface area contributed by atoms with Crippen LogP contribution in [0.25, 0.3) is 0 Å². The fourth-order valence-electron chi connectivity index (χ4n) is 2.46. The summed E-state index contributed by atoms with van der Waals surface area (Å²) in [5.41, 5.74) is 7.02. The molecule has 1 aromatic rings. The van der Waals surface area contributed by atoms with Gasteiger partial charge < -0.3 is 5.73 Å². The molecule has 118 valence electrons. The zero-order valence-corrected chi connectivity index (χ0v) is 13.6. The van der Waals surface area contributed by atoms with Crippen molar-refractivity contribution in [2.75, 3.05) is 24.6 Å². The Hall–Kier alpha value is -0.960. The Morgan fingerprint density at radius 2 is 1.95 bits per heavy atom. The Bertz CT molecular complexity index is 727. The van der Waals surface area contributed by atoms with Crippen LogP contribution in [0.2, 0.25) is 0 Å². The number of rotatable bonds is 3. The summed E-state index contributed by atoms with van der Waals surface area (Å²) >= 11 is 0. The second-order valence-corrected chi connectivity index (χ2v) is 9.36. The van der Waals surface area contributed by atoms with E-state index < -0.39 is 19.9 Å². The van der Waals surface area contributed by atoms with Crippen molar-refractivity contribution < 1.29 is 16.8 Å². The molecule has 1 fully saturated rings. The van der Waals surface area contributed by atoms with Gasteiger partial charge in [-0.15, -0.1) is 0 Å². The van der Waals surface area contributed by atoms with Gasteiger partial charge in [0.25, 0.3) is 0 Å². The van der Waals surface area contributed by atoms with E-state index in [1.807, 2.05) is 0 Å². The molecule has 0 bridgehead atoms. The Labute approximate surface area is 125 Å². The average Bonchev–Trinajstić information content (AvgIpc) is 2.60. The van der Waals surface area contributed by atoms with E-state index >= 15 is 0 Å². The monoisotopic (exact) mass is 332 g/mol. The summed E-state index contributed by atoms with van der Waals surface area (Å²) in [5, 5.41) is 0. The van der Waals surface area contributed by atoms with Gasteiger partial charge in [0.1, 0.15) is 0 Å². The number of nitrogens with zero attached hydrogens (tertiary/aromatic N) is 1. The molecule has 0 atom stereocenters. The van der Waals surface area contributed by atoms with Crippen molar-refractivity contribution in [3.05, 3.63) is 29.3 Å². The van der Waals surface area contributed by atoms with Crippen LogP contribution >= 0.6 is 0 Å². The van der Waals surface area contributed by atoms with Gasteiger partial charge in [-0.1, -0.05) is 12.1 Å². The van der Waals surface area contributed by atoms with E-state index in [1.165, 1.54) is 4.31 Å². The third-order valence-corrected chi connectivity index (χ3v) is 7.51. The summed E-state index contributed by atoms with van der Waals surface area (Å²) in [4.78, 5) is 0.213. The highest BCUT2D eigenvalue weighted by Gasteiger charge is 2.30. The summed E-state index contributed by atoms with van der Waals surface area (Å²) in [7, 11) is -6.83. The minimum absolute atomic E-state index is 0.0109. The normalized spacial score (nSPS) is 20.1. The molecule has 0 aromatic heterocycles. The van der Waals surface area contributed by atoms with Crippen molar-refractivity contribution in [1.29, 1.82) is 0 Å². The van der Waals surface area contributed by atoms with E-state index in [4.69, 9.17) is 5.73 Å². The molecule has 2 N–H and O–H groups in total. The number of benzene rings is 1. The fraction of sp³-hybridized carbons (Fsp3) is 0.538. The molecule has 8 heteroatoms. The maximum atomic E-state index is 12.7. The molecule has 2 rings (SSSR count). The fourth-order valence-corrected chi connectivity index (χ4v) is 5.59. The number of hydrogen-bond donors (Lipinski definition) is 1. The van der Waals surface area contributed by atoms with E-state index in [1.54, 1.807) is 25.1 Å². The lowest BCUT2D eigenvalue weighted by Crippen LogP contribution is -2.34. The van der Waals surface area contributed by atoms with E-state index in [0.29, 0.717) is 12.0 Å². The first-order valence-electron chi connectivity index (χ1n) is 6.77. The molecule has 0 spiro atoms. The number of nitrogens with two attached hydrogens (primary N) is 1. The highest BCUT2D eigenvalue weighted by molar-refractivity contribution is 7.91. The minimum Gasteiger partial charge on any atom is -0.326 e. The van der Waals surface area contributed by atoms with Crippen LogP contribution in [-0.4, -0.2) is 45.7 Å². The average molecular weight is 332 g/mol. The van der Waals surface area contributed by atoms with Gasteiger partial charge in [-0.2, -0.15) is 4.31 Å². The maximum absolute atomic E-state index is 12.7. The van der Waals surface area contributed by atoms with Crippen LogP contribution in [0.1, 0.15) is 17.5 Å². The zero-order valence-electron chi connectivity index (χ0n) is 11.9. The smallest absolute Gasteiger partial charge is 0.243 e. The van der Waals surface area contributed by atoms with E-state index in [9.17, 15) is 16.8 Å². The zero-order chi connectivity index (χ0) is 15.7. The Balaban J connectivity index is 2.38. The lowest BCUT2D eigenvalue weighted by atomic mass is 10.1. The van der Waals surface area contributed by atoms with Gasteiger partial charge >= 0.3 is 0 Å². The predicted octanol–water partition coefficient (Wildman–Crippen LogP) is 0.263. The SMILES string of the molecule is Cc1c(CN)cccc1S(=O)(=O)N1CCCS(=O)(=O)CC1. The second-order valence-electron chi connectivity index (χ2n) is 5.15. The second kappa shape index (κ2) is 6.04. The Morgan fingerprint density at radius 1 is 1.24 bits per heavy atom. The summed E-state index contributed by atoms with van der Waals surface area (Å²) in [6.07, 6.45) is 0.331. The van der Waals surface area contributed by atoms with Crippen molar-refractivity contribution in [3.8, 4) is 0 Å². The van der Waals surface area contributed by atoms with Crippen molar-refractivity contribution in [2.45, 2.75) is 24.8 Å². The summed E-state index contributed by atoms with van der Waals surface area (Å²) in [6.45, 7) is 2.23. The molecular formula is C13H20N2O4S2. The number of hydrogen-bond acceptors (Lipinski definition) is 5. The lowest BCUT2D eigenvalue weighted by molar-refractivity contribution is 0.434. The van der Waals surface area contributed by atoms with Gasteiger partial charge in [0.2, 0.25) is 10.0 Å². The standard InChI is InChI=1S/C13H20N2O4S2/c1-11-12(10-14)4-2-5-13(11)21(18,19)15-6-3-8-20(16,17)9-7-15/h2,4-5H,3,6-10,14H2,1H3. The molecule has 1 heterocycles. The first kappa shape index (κ1) is 16.4. The van der Waals surface area contributed by atoms with Crippen LogP contribution in [0.4, 0.5) is 0 Å². The predicted molar refractivity (Wildman–Crippen MR) is 81.1 cm³/mol. The van der Waals surface area contributed by atoms with Crippen molar-refractivity contribution in [3.63, 3.8) is 0 Å². The van der Waals surface area contributed by atoms with Crippen molar-refractivity contribution >= 4 is 19.9 Å². The van der Waals surface area contributed by atoms with Crippen LogP contribution in [0, 0.1) is 6.92 Å². The van der Waals surface area contributed by atoms with Gasteiger partial charge in [0.05, 0.1) is 16.4 Å². The first-order chi connectivity index (χ1) is 9.78. The van der Waals surface area contributed by atoms with E-state index in [2.05, 4.69) is 0 Å². The van der Waals surface area contributed by atoms with Gasteiger partial charge in [0.15, 0.2) is 9.84 Å². The number of sulfonamides is 1. The minimum atomic E-state index is -3.69. The molecule has 0 amide bonds. The van der Waals surface area contributed by atoms with Gasteiger partial charge in [0, 0.05) is 19.6 Å². The highest BCUT2D eigenvalue weighted by Crippen LogP contribution is 2.23.